The summed E-state index contributed by atoms with van der Waals surface area (Å²) in [5, 5.41) is 11.5. The number of carboxylic acid groups (broad SMARTS) is 1. The lowest BCUT2D eigenvalue weighted by atomic mass is 9.98. The van der Waals surface area contributed by atoms with Crippen molar-refractivity contribution in [2.75, 3.05) is 39.3 Å². The molecule has 1 saturated heterocycles. The number of fused-ring (bicyclic) bond motifs is 3. The zero-order valence-electron chi connectivity index (χ0n) is 19.5. The van der Waals surface area contributed by atoms with Crippen molar-refractivity contribution in [3.63, 3.8) is 0 Å². The van der Waals surface area contributed by atoms with Crippen molar-refractivity contribution in [3.8, 4) is 23.5 Å². The minimum Gasteiger partial charge on any atom is -0.481 e. The summed E-state index contributed by atoms with van der Waals surface area (Å²) in [6.45, 7) is 2.65. The molecule has 0 saturated carbocycles. The number of ether oxygens (including phenoxy) is 1. The van der Waals surface area contributed by atoms with E-state index in [1.807, 2.05) is 41.3 Å². The third kappa shape index (κ3) is 5.64. The maximum Gasteiger partial charge on any atom is 0.407 e. The van der Waals surface area contributed by atoms with Gasteiger partial charge in [-0.25, -0.2) is 4.79 Å². The van der Waals surface area contributed by atoms with E-state index in [1.165, 1.54) is 0 Å². The molecule has 8 heteroatoms. The molecule has 8 nitrogen and oxygen atoms in total. The molecule has 1 aliphatic carbocycles. The lowest BCUT2D eigenvalue weighted by Crippen LogP contribution is -2.55. The number of piperazine rings is 1. The molecule has 1 heterocycles. The predicted octanol–water partition coefficient (Wildman–Crippen LogP) is 2.54. The Morgan fingerprint density at radius 3 is 2.20 bits per heavy atom. The van der Waals surface area contributed by atoms with E-state index in [0.717, 1.165) is 22.3 Å². The second kappa shape index (κ2) is 11.1. The zero-order valence-corrected chi connectivity index (χ0v) is 19.5. The second-order valence-corrected chi connectivity index (χ2v) is 8.74. The minimum atomic E-state index is -0.874. The molecule has 1 atom stereocenters. The molecule has 182 valence electrons. The van der Waals surface area contributed by atoms with E-state index in [-0.39, 0.29) is 31.3 Å². The van der Waals surface area contributed by atoms with Crippen molar-refractivity contribution in [1.29, 1.82) is 0 Å². The van der Waals surface area contributed by atoms with E-state index >= 15 is 0 Å². The minimum absolute atomic E-state index is 0.0578. The number of terminal acetylenes is 1. The van der Waals surface area contributed by atoms with Gasteiger partial charge in [-0.05, 0) is 22.3 Å². The summed E-state index contributed by atoms with van der Waals surface area (Å²) < 4.78 is 5.57. The Hall–Kier alpha value is -3.83. The predicted molar refractivity (Wildman–Crippen MR) is 131 cm³/mol. The summed E-state index contributed by atoms with van der Waals surface area (Å²) in [6.07, 6.45) is 4.91. The monoisotopic (exact) mass is 475 g/mol. The Kier molecular flexibility index (Phi) is 7.68. The Morgan fingerprint density at radius 1 is 1.03 bits per heavy atom. The van der Waals surface area contributed by atoms with Crippen LogP contribution in [0.25, 0.3) is 11.1 Å². The van der Waals surface area contributed by atoms with Gasteiger partial charge in [0.05, 0.1) is 6.42 Å². The number of hydrogen-bond donors (Lipinski definition) is 2. The van der Waals surface area contributed by atoms with Crippen LogP contribution < -0.4 is 5.32 Å². The number of hydrogen-bond acceptors (Lipinski definition) is 5. The van der Waals surface area contributed by atoms with Crippen LogP contribution >= 0.6 is 0 Å². The topological polar surface area (TPSA) is 99.2 Å². The van der Waals surface area contributed by atoms with E-state index in [2.05, 4.69) is 23.4 Å². The van der Waals surface area contributed by atoms with E-state index < -0.39 is 18.1 Å². The normalized spacial score (nSPS) is 16.0. The number of rotatable bonds is 8. The van der Waals surface area contributed by atoms with Crippen LogP contribution in [0.5, 0.6) is 0 Å². The highest BCUT2D eigenvalue weighted by Gasteiger charge is 2.31. The highest BCUT2D eigenvalue weighted by Crippen LogP contribution is 2.44. The van der Waals surface area contributed by atoms with Crippen molar-refractivity contribution in [2.24, 2.45) is 0 Å². The highest BCUT2D eigenvalue weighted by atomic mass is 16.5. The molecule has 2 aromatic rings. The van der Waals surface area contributed by atoms with Gasteiger partial charge < -0.3 is 20.1 Å². The summed E-state index contributed by atoms with van der Waals surface area (Å²) in [5.74, 6) is 1.29. The molecular weight excluding hydrogens is 446 g/mol. The largest absolute Gasteiger partial charge is 0.481 e. The van der Waals surface area contributed by atoms with Gasteiger partial charge in [0.2, 0.25) is 5.91 Å². The highest BCUT2D eigenvalue weighted by molar-refractivity contribution is 5.86. The molecule has 1 unspecified atom stereocenters. The SMILES string of the molecule is C#CCC(NC(=O)OCC1c2ccccc2-c2ccccc21)C(=O)N1CCN(CCC(=O)O)CC1. The van der Waals surface area contributed by atoms with Gasteiger partial charge >= 0.3 is 12.1 Å². The molecule has 0 spiro atoms. The smallest absolute Gasteiger partial charge is 0.407 e. The number of alkyl carbamates (subject to hydrolysis) is 1. The number of carbonyl (C=O) groups excluding carboxylic acids is 2. The van der Waals surface area contributed by atoms with Gasteiger partial charge in [-0.3, -0.25) is 14.5 Å². The van der Waals surface area contributed by atoms with Gasteiger partial charge in [-0.2, -0.15) is 0 Å². The fourth-order valence-electron chi connectivity index (χ4n) is 4.77. The van der Waals surface area contributed by atoms with Gasteiger partial charge in [0, 0.05) is 45.1 Å². The molecule has 2 aromatic carbocycles. The Bertz CT molecular complexity index is 1090. The maximum atomic E-state index is 13.0. The van der Waals surface area contributed by atoms with Crippen LogP contribution in [-0.4, -0.2) is 78.2 Å². The number of carboxylic acids is 1. The average molecular weight is 476 g/mol. The molecule has 2 N–H and O–H groups in total. The van der Waals surface area contributed by atoms with Crippen molar-refractivity contribution in [1.82, 2.24) is 15.1 Å². The lowest BCUT2D eigenvalue weighted by Gasteiger charge is -2.36. The first kappa shape index (κ1) is 24.3. The van der Waals surface area contributed by atoms with E-state index in [9.17, 15) is 14.4 Å². The van der Waals surface area contributed by atoms with Crippen LogP contribution in [0.1, 0.15) is 29.9 Å². The maximum absolute atomic E-state index is 13.0. The first-order valence-corrected chi connectivity index (χ1v) is 11.8. The molecule has 2 aliphatic rings. The van der Waals surface area contributed by atoms with Crippen LogP contribution in [0.15, 0.2) is 48.5 Å². The van der Waals surface area contributed by atoms with Crippen LogP contribution in [0.4, 0.5) is 4.79 Å². The van der Waals surface area contributed by atoms with Gasteiger partial charge in [-0.1, -0.05) is 48.5 Å². The zero-order chi connectivity index (χ0) is 24.8. The van der Waals surface area contributed by atoms with Gasteiger partial charge in [-0.15, -0.1) is 12.3 Å². The Balaban J connectivity index is 1.33. The van der Waals surface area contributed by atoms with Crippen LogP contribution in [0.3, 0.4) is 0 Å². The van der Waals surface area contributed by atoms with Crippen molar-refractivity contribution < 1.29 is 24.2 Å². The molecule has 0 bridgehead atoms. The van der Waals surface area contributed by atoms with Crippen LogP contribution in [0, 0.1) is 12.3 Å². The third-order valence-electron chi connectivity index (χ3n) is 6.58. The first-order chi connectivity index (χ1) is 17.0. The second-order valence-electron chi connectivity index (χ2n) is 8.74. The number of nitrogens with one attached hydrogen (secondary N) is 1. The summed E-state index contributed by atoms with van der Waals surface area (Å²) in [7, 11) is 0. The van der Waals surface area contributed by atoms with E-state index in [4.69, 9.17) is 16.3 Å². The molecule has 1 aliphatic heterocycles. The number of aliphatic carboxylic acids is 1. The number of nitrogens with zero attached hydrogens (tertiary/aromatic N) is 2. The summed E-state index contributed by atoms with van der Waals surface area (Å²) >= 11 is 0. The van der Waals surface area contributed by atoms with Crippen LogP contribution in [0.2, 0.25) is 0 Å². The summed E-state index contributed by atoms with van der Waals surface area (Å²) in [5.41, 5.74) is 4.50. The standard InChI is InChI=1S/C27H29N3O5/c1-2-7-24(26(33)30-16-14-29(15-17-30)13-12-25(31)32)28-27(34)35-18-23-21-10-5-3-8-19(21)20-9-4-6-11-22(20)23/h1,3-6,8-11,23-24H,7,12-18H2,(H,28,34)(H,31,32). The van der Waals surface area contributed by atoms with Crippen molar-refractivity contribution in [2.45, 2.75) is 24.8 Å². The number of benzene rings is 2. The van der Waals surface area contributed by atoms with Gasteiger partial charge in [0.15, 0.2) is 0 Å². The number of carbonyl (C=O) groups is 3. The number of amides is 2. The summed E-state index contributed by atoms with van der Waals surface area (Å²) in [4.78, 5) is 40.1. The van der Waals surface area contributed by atoms with Gasteiger partial charge in [0.1, 0.15) is 12.6 Å². The quantitative estimate of drug-likeness (QED) is 0.570. The molecule has 2 amide bonds. The molecule has 35 heavy (non-hydrogen) atoms. The fraction of sp³-hybridized carbons (Fsp3) is 0.370. The van der Waals surface area contributed by atoms with Crippen molar-refractivity contribution in [3.05, 3.63) is 59.7 Å². The molecular formula is C27H29N3O5. The van der Waals surface area contributed by atoms with Gasteiger partial charge in [0.25, 0.3) is 0 Å². The summed E-state index contributed by atoms with van der Waals surface area (Å²) in [6, 6.07) is 15.3. The van der Waals surface area contributed by atoms with E-state index in [0.29, 0.717) is 32.7 Å². The van der Waals surface area contributed by atoms with Crippen molar-refractivity contribution >= 4 is 18.0 Å². The first-order valence-electron chi connectivity index (χ1n) is 11.8. The third-order valence-corrected chi connectivity index (χ3v) is 6.58. The average Bonchev–Trinajstić information content (AvgIpc) is 3.19. The fourth-order valence-corrected chi connectivity index (χ4v) is 4.77. The molecule has 0 aromatic heterocycles. The lowest BCUT2D eigenvalue weighted by molar-refractivity contribution is -0.138. The molecule has 1 fully saturated rings. The molecule has 0 radical (unpaired) electrons. The van der Waals surface area contributed by atoms with E-state index in [1.54, 1.807) is 4.90 Å². The van der Waals surface area contributed by atoms with Crippen LogP contribution in [-0.2, 0) is 14.3 Å². The molecule has 4 rings (SSSR count). The Labute approximate surface area is 204 Å². The Morgan fingerprint density at radius 2 is 1.63 bits per heavy atom.